The van der Waals surface area contributed by atoms with Crippen molar-refractivity contribution in [3.8, 4) is 0 Å². The summed E-state index contributed by atoms with van der Waals surface area (Å²) in [5, 5.41) is 2.97. The number of benzene rings is 2. The molecule has 0 radical (unpaired) electrons. The van der Waals surface area contributed by atoms with Gasteiger partial charge in [0.25, 0.3) is 0 Å². The molecule has 0 heterocycles. The highest BCUT2D eigenvalue weighted by atomic mass is 16.2. The van der Waals surface area contributed by atoms with Crippen molar-refractivity contribution in [3.05, 3.63) is 71.8 Å². The van der Waals surface area contributed by atoms with Gasteiger partial charge in [-0.3, -0.25) is 4.79 Å². The number of amides is 1. The Hall–Kier alpha value is -2.13. The fraction of sp³-hybridized carbons (Fsp3) is 0.235. The van der Waals surface area contributed by atoms with E-state index < -0.39 is 5.54 Å². The topological polar surface area (TPSA) is 55.1 Å². The second kappa shape index (κ2) is 5.88. The van der Waals surface area contributed by atoms with E-state index in [-0.39, 0.29) is 11.9 Å². The molecule has 20 heavy (non-hydrogen) atoms. The molecule has 0 saturated carbocycles. The summed E-state index contributed by atoms with van der Waals surface area (Å²) >= 11 is 0. The van der Waals surface area contributed by atoms with Gasteiger partial charge in [-0.05, 0) is 25.0 Å². The molecule has 2 atom stereocenters. The van der Waals surface area contributed by atoms with Gasteiger partial charge in [0.15, 0.2) is 0 Å². The molecule has 0 aliphatic carbocycles. The maximum absolute atomic E-state index is 12.4. The molecule has 1 unspecified atom stereocenters. The molecular weight excluding hydrogens is 248 g/mol. The van der Waals surface area contributed by atoms with Gasteiger partial charge in [-0.1, -0.05) is 60.7 Å². The third-order valence-corrected chi connectivity index (χ3v) is 3.49. The fourth-order valence-electron chi connectivity index (χ4n) is 2.09. The molecule has 0 aliphatic rings. The number of hydrogen-bond donors (Lipinski definition) is 2. The summed E-state index contributed by atoms with van der Waals surface area (Å²) in [5.41, 5.74) is 7.02. The summed E-state index contributed by atoms with van der Waals surface area (Å²) in [7, 11) is 0. The smallest absolute Gasteiger partial charge is 0.244 e. The highest BCUT2D eigenvalue weighted by Crippen LogP contribution is 2.20. The van der Waals surface area contributed by atoms with Gasteiger partial charge in [0, 0.05) is 0 Å². The van der Waals surface area contributed by atoms with E-state index in [2.05, 4.69) is 5.32 Å². The molecule has 1 amide bonds. The van der Waals surface area contributed by atoms with Crippen LogP contribution in [0, 0.1) is 0 Å². The van der Waals surface area contributed by atoms with Crippen molar-refractivity contribution in [3.63, 3.8) is 0 Å². The van der Waals surface area contributed by atoms with Gasteiger partial charge >= 0.3 is 0 Å². The van der Waals surface area contributed by atoms with Gasteiger partial charge < -0.3 is 11.1 Å². The monoisotopic (exact) mass is 268 g/mol. The molecule has 3 nitrogen and oxygen atoms in total. The number of carbonyl (C=O) groups excluding carboxylic acids is 1. The normalized spacial score (nSPS) is 15.2. The van der Waals surface area contributed by atoms with Crippen molar-refractivity contribution >= 4 is 5.91 Å². The highest BCUT2D eigenvalue weighted by molar-refractivity contribution is 5.87. The van der Waals surface area contributed by atoms with Gasteiger partial charge in [0.2, 0.25) is 5.91 Å². The summed E-state index contributed by atoms with van der Waals surface area (Å²) in [5.74, 6) is -0.181. The van der Waals surface area contributed by atoms with E-state index in [0.717, 1.165) is 11.1 Å². The van der Waals surface area contributed by atoms with Crippen LogP contribution in [-0.2, 0) is 10.3 Å². The lowest BCUT2D eigenvalue weighted by Crippen LogP contribution is -2.49. The van der Waals surface area contributed by atoms with Crippen LogP contribution >= 0.6 is 0 Å². The van der Waals surface area contributed by atoms with Crippen molar-refractivity contribution in [1.82, 2.24) is 5.32 Å². The standard InChI is InChI=1S/C17H20N2O/c1-13(14-9-5-3-6-10-14)19-16(20)17(2,18)15-11-7-4-8-12-15/h3-13H,18H2,1-2H3,(H,19,20)/t13-,17?/m0/s1. The average molecular weight is 268 g/mol. The second-order valence-electron chi connectivity index (χ2n) is 5.17. The Balaban J connectivity index is 2.12. The van der Waals surface area contributed by atoms with E-state index in [4.69, 9.17) is 5.73 Å². The molecule has 0 aromatic heterocycles. The minimum Gasteiger partial charge on any atom is -0.348 e. The summed E-state index contributed by atoms with van der Waals surface area (Å²) in [6, 6.07) is 19.2. The lowest BCUT2D eigenvalue weighted by molar-refractivity contribution is -0.126. The summed E-state index contributed by atoms with van der Waals surface area (Å²) in [4.78, 5) is 12.4. The first-order valence-corrected chi connectivity index (χ1v) is 6.72. The van der Waals surface area contributed by atoms with Crippen molar-refractivity contribution in [2.24, 2.45) is 5.73 Å². The van der Waals surface area contributed by atoms with Gasteiger partial charge in [0.1, 0.15) is 5.54 Å². The van der Waals surface area contributed by atoms with E-state index in [1.165, 1.54) is 0 Å². The van der Waals surface area contributed by atoms with Crippen LogP contribution in [0.3, 0.4) is 0 Å². The predicted molar refractivity (Wildman–Crippen MR) is 81.0 cm³/mol. The van der Waals surface area contributed by atoms with Crippen LogP contribution in [0.5, 0.6) is 0 Å². The van der Waals surface area contributed by atoms with Crippen LogP contribution < -0.4 is 11.1 Å². The molecule has 3 N–H and O–H groups in total. The fourth-order valence-corrected chi connectivity index (χ4v) is 2.09. The zero-order chi connectivity index (χ0) is 14.6. The lowest BCUT2D eigenvalue weighted by atomic mass is 9.91. The van der Waals surface area contributed by atoms with Crippen molar-refractivity contribution in [2.45, 2.75) is 25.4 Å². The highest BCUT2D eigenvalue weighted by Gasteiger charge is 2.31. The van der Waals surface area contributed by atoms with Crippen LogP contribution in [0.2, 0.25) is 0 Å². The predicted octanol–water partition coefficient (Wildman–Crippen LogP) is 2.74. The summed E-state index contributed by atoms with van der Waals surface area (Å²) < 4.78 is 0. The van der Waals surface area contributed by atoms with Gasteiger partial charge in [0.05, 0.1) is 6.04 Å². The summed E-state index contributed by atoms with van der Waals surface area (Å²) in [6.07, 6.45) is 0. The second-order valence-corrected chi connectivity index (χ2v) is 5.17. The molecule has 104 valence electrons. The van der Waals surface area contributed by atoms with Crippen molar-refractivity contribution < 1.29 is 4.79 Å². The SMILES string of the molecule is C[C@H](NC(=O)C(C)(N)c1ccccc1)c1ccccc1. The number of rotatable bonds is 4. The van der Waals surface area contributed by atoms with Gasteiger partial charge in [-0.15, -0.1) is 0 Å². The zero-order valence-corrected chi connectivity index (χ0v) is 11.8. The van der Waals surface area contributed by atoms with Gasteiger partial charge in [-0.25, -0.2) is 0 Å². The Labute approximate surface area is 119 Å². The lowest BCUT2D eigenvalue weighted by Gasteiger charge is -2.26. The van der Waals surface area contributed by atoms with E-state index in [0.29, 0.717) is 0 Å². The first-order valence-electron chi connectivity index (χ1n) is 6.72. The number of nitrogens with two attached hydrogens (primary N) is 1. The van der Waals surface area contributed by atoms with E-state index in [1.807, 2.05) is 67.6 Å². The molecule has 3 heteroatoms. The zero-order valence-electron chi connectivity index (χ0n) is 11.8. The Morgan fingerprint density at radius 3 is 2.10 bits per heavy atom. The molecule has 0 bridgehead atoms. The first-order chi connectivity index (χ1) is 9.51. The molecule has 2 aromatic rings. The van der Waals surface area contributed by atoms with E-state index >= 15 is 0 Å². The van der Waals surface area contributed by atoms with Crippen LogP contribution in [0.15, 0.2) is 60.7 Å². The molecule has 2 aromatic carbocycles. The summed E-state index contributed by atoms with van der Waals surface area (Å²) in [6.45, 7) is 3.68. The molecule has 2 rings (SSSR count). The first kappa shape index (κ1) is 14.3. The Bertz CT molecular complexity index is 564. The average Bonchev–Trinajstić information content (AvgIpc) is 2.49. The maximum atomic E-state index is 12.4. The number of hydrogen-bond acceptors (Lipinski definition) is 2. The Morgan fingerprint density at radius 1 is 1.05 bits per heavy atom. The maximum Gasteiger partial charge on any atom is 0.244 e. The van der Waals surface area contributed by atoms with Crippen LogP contribution in [0.4, 0.5) is 0 Å². The van der Waals surface area contributed by atoms with Crippen LogP contribution in [-0.4, -0.2) is 5.91 Å². The molecule has 0 saturated heterocycles. The van der Waals surface area contributed by atoms with Crippen molar-refractivity contribution in [1.29, 1.82) is 0 Å². The Kier molecular flexibility index (Phi) is 4.20. The quantitative estimate of drug-likeness (QED) is 0.895. The molecular formula is C17H20N2O. The van der Waals surface area contributed by atoms with Crippen LogP contribution in [0.25, 0.3) is 0 Å². The number of nitrogens with one attached hydrogen (secondary N) is 1. The van der Waals surface area contributed by atoms with Crippen LogP contribution in [0.1, 0.15) is 31.0 Å². The van der Waals surface area contributed by atoms with Crippen molar-refractivity contribution in [2.75, 3.05) is 0 Å². The molecule has 0 fully saturated rings. The minimum atomic E-state index is -1.04. The third kappa shape index (κ3) is 3.06. The number of carbonyl (C=O) groups is 1. The van der Waals surface area contributed by atoms with E-state index in [9.17, 15) is 4.79 Å². The van der Waals surface area contributed by atoms with Gasteiger partial charge in [-0.2, -0.15) is 0 Å². The Morgan fingerprint density at radius 2 is 1.55 bits per heavy atom. The molecule has 0 spiro atoms. The molecule has 0 aliphatic heterocycles. The minimum absolute atomic E-state index is 0.0738. The largest absolute Gasteiger partial charge is 0.348 e. The third-order valence-electron chi connectivity index (χ3n) is 3.49. The van der Waals surface area contributed by atoms with E-state index in [1.54, 1.807) is 6.92 Å².